The van der Waals surface area contributed by atoms with Crippen molar-refractivity contribution in [2.24, 2.45) is 0 Å². The molecule has 1 saturated heterocycles. The van der Waals surface area contributed by atoms with Crippen LogP contribution in [0.2, 0.25) is 0 Å². The lowest BCUT2D eigenvalue weighted by Gasteiger charge is -2.33. The van der Waals surface area contributed by atoms with Gasteiger partial charge in [-0.05, 0) is 57.4 Å². The molecule has 1 fully saturated rings. The van der Waals surface area contributed by atoms with Crippen LogP contribution in [0.15, 0.2) is 59.1 Å². The molecule has 1 aromatic heterocycles. The molecule has 0 aliphatic carbocycles. The number of likely N-dealkylation sites (tertiary alicyclic amines) is 1. The molecule has 8 nitrogen and oxygen atoms in total. The smallest absolute Gasteiger partial charge is 0.261 e. The van der Waals surface area contributed by atoms with E-state index >= 15 is 0 Å². The topological polar surface area (TPSA) is 88.8 Å². The number of aromatic nitrogens is 2. The minimum Gasteiger partial charge on any atom is -0.484 e. The maximum absolute atomic E-state index is 12.9. The van der Waals surface area contributed by atoms with Gasteiger partial charge in [0.25, 0.3) is 11.8 Å². The fraction of sp³-hybridized carbons (Fsp3) is 0.385. The first kappa shape index (κ1) is 23.5. The molecule has 2 heterocycles. The number of benzene rings is 2. The molecular formula is C26H30N4O4. The Kier molecular flexibility index (Phi) is 7.57. The van der Waals surface area contributed by atoms with Crippen molar-refractivity contribution in [3.05, 3.63) is 66.1 Å². The minimum absolute atomic E-state index is 0.0296. The summed E-state index contributed by atoms with van der Waals surface area (Å²) in [5.41, 5.74) is 1.29. The SMILES string of the molecule is CCN(CC)C(=O)c1cccc(-c2noc(C3CCCCN3C(=O)COc3ccccc3)n2)c1. The molecule has 2 amide bonds. The Hall–Kier alpha value is -3.68. The molecule has 0 spiro atoms. The summed E-state index contributed by atoms with van der Waals surface area (Å²) in [6.07, 6.45) is 2.64. The van der Waals surface area contributed by atoms with Crippen LogP contribution >= 0.6 is 0 Å². The molecule has 0 N–H and O–H groups in total. The lowest BCUT2D eigenvalue weighted by molar-refractivity contribution is -0.138. The van der Waals surface area contributed by atoms with Gasteiger partial charge in [0, 0.05) is 30.8 Å². The van der Waals surface area contributed by atoms with Crippen LogP contribution in [0.5, 0.6) is 5.75 Å². The molecule has 4 rings (SSSR count). The lowest BCUT2D eigenvalue weighted by Crippen LogP contribution is -2.41. The van der Waals surface area contributed by atoms with E-state index in [0.717, 1.165) is 19.3 Å². The third-order valence-corrected chi connectivity index (χ3v) is 6.07. The Balaban J connectivity index is 1.49. The molecule has 1 atom stereocenters. The molecule has 0 saturated carbocycles. The van der Waals surface area contributed by atoms with Gasteiger partial charge in [-0.2, -0.15) is 4.98 Å². The van der Waals surface area contributed by atoms with Crippen molar-refractivity contribution in [1.82, 2.24) is 19.9 Å². The summed E-state index contributed by atoms with van der Waals surface area (Å²) in [5.74, 6) is 1.33. The van der Waals surface area contributed by atoms with E-state index in [2.05, 4.69) is 10.1 Å². The highest BCUT2D eigenvalue weighted by molar-refractivity contribution is 5.95. The van der Waals surface area contributed by atoms with Crippen molar-refractivity contribution in [2.75, 3.05) is 26.2 Å². The Bertz CT molecular complexity index is 1110. The average molecular weight is 463 g/mol. The van der Waals surface area contributed by atoms with Crippen molar-refractivity contribution < 1.29 is 18.8 Å². The normalized spacial score (nSPS) is 15.7. The lowest BCUT2D eigenvalue weighted by atomic mass is 10.0. The largest absolute Gasteiger partial charge is 0.484 e. The number of ether oxygens (including phenoxy) is 1. The van der Waals surface area contributed by atoms with E-state index in [9.17, 15) is 9.59 Å². The summed E-state index contributed by atoms with van der Waals surface area (Å²) in [7, 11) is 0. The number of nitrogens with zero attached hydrogens (tertiary/aromatic N) is 4. The van der Waals surface area contributed by atoms with Gasteiger partial charge in [-0.3, -0.25) is 9.59 Å². The Morgan fingerprint density at radius 3 is 2.65 bits per heavy atom. The van der Waals surface area contributed by atoms with E-state index in [1.54, 1.807) is 21.9 Å². The number of piperidine rings is 1. The molecule has 1 unspecified atom stereocenters. The zero-order valence-electron chi connectivity index (χ0n) is 19.6. The van der Waals surface area contributed by atoms with Crippen molar-refractivity contribution in [1.29, 1.82) is 0 Å². The molecule has 0 radical (unpaired) electrons. The second kappa shape index (κ2) is 11.0. The molecule has 0 bridgehead atoms. The number of amides is 2. The third kappa shape index (κ3) is 5.27. The molecule has 8 heteroatoms. The number of carbonyl (C=O) groups excluding carboxylic acids is 2. The number of para-hydroxylation sites is 1. The number of hydrogen-bond donors (Lipinski definition) is 0. The zero-order valence-corrected chi connectivity index (χ0v) is 19.6. The fourth-order valence-electron chi connectivity index (χ4n) is 4.20. The van der Waals surface area contributed by atoms with Gasteiger partial charge in [-0.1, -0.05) is 35.5 Å². The summed E-state index contributed by atoms with van der Waals surface area (Å²) < 4.78 is 11.3. The van der Waals surface area contributed by atoms with Gasteiger partial charge in [0.2, 0.25) is 11.7 Å². The predicted molar refractivity (Wildman–Crippen MR) is 127 cm³/mol. The summed E-state index contributed by atoms with van der Waals surface area (Å²) in [4.78, 5) is 33.8. The number of rotatable bonds is 8. The quantitative estimate of drug-likeness (QED) is 0.494. The average Bonchev–Trinajstić information content (AvgIpc) is 3.39. The summed E-state index contributed by atoms with van der Waals surface area (Å²) >= 11 is 0. The van der Waals surface area contributed by atoms with Crippen molar-refractivity contribution in [3.8, 4) is 17.1 Å². The van der Waals surface area contributed by atoms with Gasteiger partial charge < -0.3 is 19.1 Å². The monoisotopic (exact) mass is 462 g/mol. The summed E-state index contributed by atoms with van der Waals surface area (Å²) in [6, 6.07) is 16.2. The van der Waals surface area contributed by atoms with E-state index in [0.29, 0.717) is 48.2 Å². The van der Waals surface area contributed by atoms with E-state index < -0.39 is 0 Å². The van der Waals surface area contributed by atoms with Crippen molar-refractivity contribution >= 4 is 11.8 Å². The maximum Gasteiger partial charge on any atom is 0.261 e. The molecule has 1 aliphatic rings. The van der Waals surface area contributed by atoms with Crippen LogP contribution in [0, 0.1) is 0 Å². The Labute approximate surface area is 199 Å². The van der Waals surface area contributed by atoms with Crippen LogP contribution in [0.3, 0.4) is 0 Å². The van der Waals surface area contributed by atoms with Crippen molar-refractivity contribution in [3.63, 3.8) is 0 Å². The second-order valence-corrected chi connectivity index (χ2v) is 8.21. The van der Waals surface area contributed by atoms with E-state index in [4.69, 9.17) is 9.26 Å². The highest BCUT2D eigenvalue weighted by Crippen LogP contribution is 2.31. The Morgan fingerprint density at radius 2 is 1.88 bits per heavy atom. The highest BCUT2D eigenvalue weighted by atomic mass is 16.5. The standard InChI is InChI=1S/C26H30N4O4/c1-3-29(4-2)26(32)20-12-10-11-19(17-20)24-27-25(34-28-24)22-15-8-9-16-30(22)23(31)18-33-21-13-6-5-7-14-21/h5-7,10-14,17,22H,3-4,8-9,15-16,18H2,1-2H3. The molecule has 34 heavy (non-hydrogen) atoms. The van der Waals surface area contributed by atoms with Crippen LogP contribution in [-0.2, 0) is 4.79 Å². The predicted octanol–water partition coefficient (Wildman–Crippen LogP) is 4.35. The first-order chi connectivity index (χ1) is 16.6. The first-order valence-corrected chi connectivity index (χ1v) is 11.8. The second-order valence-electron chi connectivity index (χ2n) is 8.21. The van der Waals surface area contributed by atoms with Gasteiger partial charge in [-0.25, -0.2) is 0 Å². The summed E-state index contributed by atoms with van der Waals surface area (Å²) in [6.45, 7) is 5.78. The van der Waals surface area contributed by atoms with Gasteiger partial charge >= 0.3 is 0 Å². The van der Waals surface area contributed by atoms with E-state index in [1.165, 1.54) is 0 Å². The van der Waals surface area contributed by atoms with Crippen LogP contribution < -0.4 is 4.74 Å². The van der Waals surface area contributed by atoms with Crippen LogP contribution in [0.1, 0.15) is 55.4 Å². The molecule has 2 aromatic carbocycles. The molecule has 1 aliphatic heterocycles. The van der Waals surface area contributed by atoms with Gasteiger partial charge in [0.15, 0.2) is 6.61 Å². The first-order valence-electron chi connectivity index (χ1n) is 11.8. The van der Waals surface area contributed by atoms with Gasteiger partial charge in [0.1, 0.15) is 11.8 Å². The van der Waals surface area contributed by atoms with Crippen LogP contribution in [-0.4, -0.2) is 58.0 Å². The highest BCUT2D eigenvalue weighted by Gasteiger charge is 2.32. The van der Waals surface area contributed by atoms with Crippen LogP contribution in [0.25, 0.3) is 11.4 Å². The van der Waals surface area contributed by atoms with Gasteiger partial charge in [0.05, 0.1) is 0 Å². The number of carbonyl (C=O) groups is 2. The minimum atomic E-state index is -0.289. The van der Waals surface area contributed by atoms with Crippen molar-refractivity contribution in [2.45, 2.75) is 39.2 Å². The van der Waals surface area contributed by atoms with Crippen LogP contribution in [0.4, 0.5) is 0 Å². The molecular weight excluding hydrogens is 432 g/mol. The zero-order chi connectivity index (χ0) is 23.9. The molecule has 178 valence electrons. The number of hydrogen-bond acceptors (Lipinski definition) is 6. The maximum atomic E-state index is 12.9. The summed E-state index contributed by atoms with van der Waals surface area (Å²) in [5, 5.41) is 4.15. The van der Waals surface area contributed by atoms with Gasteiger partial charge in [-0.15, -0.1) is 0 Å². The third-order valence-electron chi connectivity index (χ3n) is 6.07. The Morgan fingerprint density at radius 1 is 1.09 bits per heavy atom. The van der Waals surface area contributed by atoms with E-state index in [-0.39, 0.29) is 24.5 Å². The fourth-order valence-corrected chi connectivity index (χ4v) is 4.20. The molecule has 3 aromatic rings. The van der Waals surface area contributed by atoms with E-state index in [1.807, 2.05) is 56.3 Å².